The second kappa shape index (κ2) is 9.12. The molecule has 0 N–H and O–H groups in total. The number of rotatable bonds is 9. The first kappa shape index (κ1) is 19.8. The Morgan fingerprint density at radius 1 is 1.27 bits per heavy atom. The molecule has 7 heteroatoms. The van der Waals surface area contributed by atoms with E-state index in [1.165, 1.54) is 0 Å². The molecule has 0 radical (unpaired) electrons. The predicted molar refractivity (Wildman–Crippen MR) is 86.1 cm³/mol. The van der Waals surface area contributed by atoms with Crippen LogP contribution in [0.1, 0.15) is 48.0 Å². The zero-order chi connectivity index (χ0) is 16.8. The summed E-state index contributed by atoms with van der Waals surface area (Å²) in [5, 5.41) is 8.68. The van der Waals surface area contributed by atoms with Crippen LogP contribution < -0.4 is 0 Å². The highest BCUT2D eigenvalue weighted by molar-refractivity contribution is 7.44. The molecule has 1 aliphatic heterocycles. The van der Waals surface area contributed by atoms with E-state index >= 15 is 0 Å². The van der Waals surface area contributed by atoms with Gasteiger partial charge in [0.15, 0.2) is 5.79 Å². The number of nitrogens with zero attached hydrogens (tertiary/aromatic N) is 2. The van der Waals surface area contributed by atoms with Crippen LogP contribution in [0.25, 0.3) is 0 Å². The highest BCUT2D eigenvalue weighted by Crippen LogP contribution is 2.46. The SMILES string of the molecule is CC(C)N(C(C)C)P(OCCC#N)OCC1COC(C)(C)O1. The van der Waals surface area contributed by atoms with Crippen molar-refractivity contribution in [1.82, 2.24) is 4.67 Å². The Balaban J connectivity index is 2.59. The quantitative estimate of drug-likeness (QED) is 0.476. The van der Waals surface area contributed by atoms with Gasteiger partial charge in [-0.05, 0) is 41.5 Å². The molecule has 0 aromatic heterocycles. The van der Waals surface area contributed by atoms with E-state index in [4.69, 9.17) is 23.8 Å². The van der Waals surface area contributed by atoms with Crippen LogP contribution in [0.5, 0.6) is 0 Å². The summed E-state index contributed by atoms with van der Waals surface area (Å²) in [5.41, 5.74) is 0. The summed E-state index contributed by atoms with van der Waals surface area (Å²) >= 11 is 0. The first-order chi connectivity index (χ1) is 10.3. The summed E-state index contributed by atoms with van der Waals surface area (Å²) in [6.45, 7) is 13.6. The zero-order valence-electron chi connectivity index (χ0n) is 14.5. The van der Waals surface area contributed by atoms with Crippen molar-refractivity contribution < 1.29 is 18.5 Å². The van der Waals surface area contributed by atoms with Crippen molar-refractivity contribution in [3.63, 3.8) is 0 Å². The number of hydrogen-bond acceptors (Lipinski definition) is 6. The maximum absolute atomic E-state index is 8.68. The lowest BCUT2D eigenvalue weighted by molar-refractivity contribution is -0.141. The summed E-state index contributed by atoms with van der Waals surface area (Å²) in [6.07, 6.45) is 0.281. The largest absolute Gasteiger partial charge is 0.348 e. The smallest absolute Gasteiger partial charge is 0.259 e. The first-order valence-corrected chi connectivity index (χ1v) is 8.92. The van der Waals surface area contributed by atoms with Crippen LogP contribution in [-0.2, 0) is 18.5 Å². The van der Waals surface area contributed by atoms with Gasteiger partial charge in [-0.1, -0.05) is 0 Å². The van der Waals surface area contributed by atoms with Crippen LogP contribution in [0.2, 0.25) is 0 Å². The minimum Gasteiger partial charge on any atom is -0.348 e. The molecule has 0 amide bonds. The number of hydrogen-bond donors (Lipinski definition) is 0. The van der Waals surface area contributed by atoms with Gasteiger partial charge in [0.1, 0.15) is 6.10 Å². The Hall–Kier alpha value is -0.280. The Labute approximate surface area is 135 Å². The predicted octanol–water partition coefficient (Wildman–Crippen LogP) is 3.43. The van der Waals surface area contributed by atoms with Crippen LogP contribution in [0.4, 0.5) is 0 Å². The van der Waals surface area contributed by atoms with Gasteiger partial charge in [0, 0.05) is 12.1 Å². The van der Waals surface area contributed by atoms with E-state index in [1.54, 1.807) is 0 Å². The Morgan fingerprint density at radius 2 is 1.91 bits per heavy atom. The zero-order valence-corrected chi connectivity index (χ0v) is 15.4. The second-order valence-corrected chi connectivity index (χ2v) is 7.75. The van der Waals surface area contributed by atoms with Crippen LogP contribution in [0.15, 0.2) is 0 Å². The molecule has 1 heterocycles. The van der Waals surface area contributed by atoms with Gasteiger partial charge in [-0.2, -0.15) is 5.26 Å². The molecule has 0 aromatic carbocycles. The topological polar surface area (TPSA) is 64.0 Å². The lowest BCUT2D eigenvalue weighted by Crippen LogP contribution is -2.34. The molecule has 1 saturated heterocycles. The Bertz CT molecular complexity index is 363. The van der Waals surface area contributed by atoms with Gasteiger partial charge in [0.05, 0.1) is 32.3 Å². The number of nitriles is 1. The summed E-state index contributed by atoms with van der Waals surface area (Å²) in [4.78, 5) is 0. The van der Waals surface area contributed by atoms with Crippen LogP contribution in [0.3, 0.4) is 0 Å². The molecule has 0 saturated carbocycles. The third kappa shape index (κ3) is 6.45. The third-order valence-electron chi connectivity index (χ3n) is 3.10. The van der Waals surface area contributed by atoms with Crippen LogP contribution in [0, 0.1) is 11.3 Å². The van der Waals surface area contributed by atoms with Crippen molar-refractivity contribution in [2.45, 2.75) is 71.9 Å². The van der Waals surface area contributed by atoms with E-state index in [9.17, 15) is 0 Å². The fourth-order valence-corrected chi connectivity index (χ4v) is 3.94. The van der Waals surface area contributed by atoms with Gasteiger partial charge in [0.2, 0.25) is 0 Å². The monoisotopic (exact) mass is 332 g/mol. The lowest BCUT2D eigenvalue weighted by Gasteiger charge is -2.35. The molecule has 0 spiro atoms. The fourth-order valence-electron chi connectivity index (χ4n) is 2.31. The molecule has 2 atom stereocenters. The highest BCUT2D eigenvalue weighted by atomic mass is 31.2. The van der Waals surface area contributed by atoms with Gasteiger partial charge >= 0.3 is 0 Å². The summed E-state index contributed by atoms with van der Waals surface area (Å²) < 4.78 is 25.3. The third-order valence-corrected chi connectivity index (χ3v) is 5.17. The summed E-state index contributed by atoms with van der Waals surface area (Å²) in [6, 6.07) is 2.69. The van der Waals surface area contributed by atoms with Crippen molar-refractivity contribution in [2.75, 3.05) is 19.8 Å². The molecule has 128 valence electrons. The van der Waals surface area contributed by atoms with E-state index < -0.39 is 14.3 Å². The molecule has 1 fully saturated rings. The second-order valence-electron chi connectivity index (χ2n) is 6.29. The van der Waals surface area contributed by atoms with E-state index in [0.717, 1.165) is 0 Å². The highest BCUT2D eigenvalue weighted by Gasteiger charge is 2.35. The minimum atomic E-state index is -1.21. The van der Waals surface area contributed by atoms with E-state index in [-0.39, 0.29) is 6.10 Å². The molecule has 6 nitrogen and oxygen atoms in total. The van der Waals surface area contributed by atoms with E-state index in [1.807, 2.05) is 13.8 Å². The van der Waals surface area contributed by atoms with Gasteiger partial charge in [0.25, 0.3) is 8.53 Å². The van der Waals surface area contributed by atoms with Crippen molar-refractivity contribution in [1.29, 1.82) is 5.26 Å². The molecule has 1 aliphatic rings. The van der Waals surface area contributed by atoms with Crippen molar-refractivity contribution >= 4 is 8.53 Å². The van der Waals surface area contributed by atoms with Crippen molar-refractivity contribution in [3.8, 4) is 6.07 Å². The average Bonchev–Trinajstić information content (AvgIpc) is 2.74. The molecular weight excluding hydrogens is 303 g/mol. The van der Waals surface area contributed by atoms with Crippen LogP contribution >= 0.6 is 8.53 Å². The average molecular weight is 332 g/mol. The number of ether oxygens (including phenoxy) is 2. The summed E-state index contributed by atoms with van der Waals surface area (Å²) in [7, 11) is -1.21. The van der Waals surface area contributed by atoms with E-state index in [0.29, 0.717) is 38.3 Å². The van der Waals surface area contributed by atoms with Gasteiger partial charge in [-0.3, -0.25) is 0 Å². The molecule has 2 unspecified atom stereocenters. The maximum atomic E-state index is 8.68. The maximum Gasteiger partial charge on any atom is 0.259 e. The van der Waals surface area contributed by atoms with Crippen molar-refractivity contribution in [2.24, 2.45) is 0 Å². The van der Waals surface area contributed by atoms with Gasteiger partial charge in [-0.25, -0.2) is 4.67 Å². The molecule has 1 rings (SSSR count). The molecule has 0 aliphatic carbocycles. The summed E-state index contributed by atoms with van der Waals surface area (Å²) in [5.74, 6) is -0.547. The molecule has 0 aromatic rings. The molecular formula is C15H29N2O4P. The molecule has 22 heavy (non-hydrogen) atoms. The standard InChI is InChI=1S/C15H29N2O4P/c1-12(2)17(13(3)4)22(19-9-7-8-16)20-11-14-10-18-15(5,6)21-14/h12-14H,7,9-11H2,1-6H3. The van der Waals surface area contributed by atoms with Gasteiger partial charge in [-0.15, -0.1) is 0 Å². The van der Waals surface area contributed by atoms with Crippen molar-refractivity contribution in [3.05, 3.63) is 0 Å². The minimum absolute atomic E-state index is 0.0826. The Kier molecular flexibility index (Phi) is 8.20. The lowest BCUT2D eigenvalue weighted by atomic mass is 10.3. The van der Waals surface area contributed by atoms with Gasteiger partial charge < -0.3 is 18.5 Å². The van der Waals surface area contributed by atoms with E-state index in [2.05, 4.69) is 38.4 Å². The Morgan fingerprint density at radius 3 is 2.36 bits per heavy atom. The first-order valence-electron chi connectivity index (χ1n) is 7.79. The molecule has 0 bridgehead atoms. The fraction of sp³-hybridized carbons (Fsp3) is 0.933. The van der Waals surface area contributed by atoms with Crippen LogP contribution in [-0.4, -0.2) is 48.5 Å². The normalized spacial score (nSPS) is 22.5.